The minimum Gasteiger partial charge on any atom is -0.394 e. The van der Waals surface area contributed by atoms with Crippen LogP contribution in [0.25, 0.3) is 11.2 Å². The Labute approximate surface area is 172 Å². The van der Waals surface area contributed by atoms with Crippen molar-refractivity contribution in [2.45, 2.75) is 24.5 Å². The Balaban J connectivity index is 0.000000252. The molecule has 7 N–H and O–H groups in total. The largest absolute Gasteiger partial charge is 0.469 e. The molecule has 30 heavy (non-hydrogen) atoms. The van der Waals surface area contributed by atoms with Crippen molar-refractivity contribution >= 4 is 24.8 Å². The molecule has 0 unspecified atom stereocenters. The summed E-state index contributed by atoms with van der Waals surface area (Å²) in [5, 5.41) is 28.7. The first-order chi connectivity index (χ1) is 13.8. The maximum absolute atomic E-state index is 10.2. The van der Waals surface area contributed by atoms with Crippen LogP contribution < -0.4 is 5.73 Å². The summed E-state index contributed by atoms with van der Waals surface area (Å²) in [7, 11) is 1.50. The molecule has 14 nitrogen and oxygen atoms in total. The summed E-state index contributed by atoms with van der Waals surface area (Å²) in [6, 6.07) is 0. The number of anilines is 1. The first kappa shape index (κ1) is 24.5. The smallest absolute Gasteiger partial charge is 0.394 e. The molecule has 0 spiro atoms. The number of aromatic nitrogens is 4. The second kappa shape index (κ2) is 9.60. The number of nitrogens with zero attached hydrogens (tertiary/aromatic N) is 5. The maximum atomic E-state index is 10.2. The number of ether oxygens (including phenoxy) is 1. The predicted octanol–water partition coefficient (Wildman–Crippen LogP) is -2.18. The van der Waals surface area contributed by atoms with Gasteiger partial charge in [-0.05, 0) is 0 Å². The van der Waals surface area contributed by atoms with Gasteiger partial charge in [0, 0.05) is 0 Å². The second-order valence-electron chi connectivity index (χ2n) is 7.65. The van der Waals surface area contributed by atoms with Gasteiger partial charge in [-0.25, -0.2) is 19.5 Å². The standard InChI is InChI=1S/C10H13N5O4.C5H14NO4P/c11-8-5-9(13-2-12-8)15(3-14-5)10-7(18)6(17)4(1-16)19-10;1-6(2,3)4-5-10-11(7,8)9/h2-4,6-7,10,16-18H,1H2,(H2,11,12,13);4-5H2,1-3H3,(H-,7,8,9)/p+1/t4-,6-,7-,10-;/m1./s1. The molecule has 0 amide bonds. The van der Waals surface area contributed by atoms with Crippen LogP contribution in [0.2, 0.25) is 0 Å². The lowest BCUT2D eigenvalue weighted by Gasteiger charge is -2.23. The molecule has 4 atom stereocenters. The number of aliphatic hydroxyl groups is 3. The molecule has 1 aliphatic rings. The first-order valence-electron chi connectivity index (χ1n) is 8.90. The quantitative estimate of drug-likeness (QED) is 0.205. The van der Waals surface area contributed by atoms with Crippen molar-refractivity contribution in [2.24, 2.45) is 0 Å². The highest BCUT2D eigenvalue weighted by Gasteiger charge is 2.43. The lowest BCUT2D eigenvalue weighted by atomic mass is 10.1. The van der Waals surface area contributed by atoms with Gasteiger partial charge in [-0.2, -0.15) is 0 Å². The Morgan fingerprint density at radius 1 is 1.23 bits per heavy atom. The Bertz CT molecular complexity index is 884. The zero-order valence-corrected chi connectivity index (χ0v) is 17.7. The SMILES string of the molecule is C[N+](C)(C)CCOP(=O)(O)O.Nc1ncnc2c1ncn2[C@@H]1O[C@H](CO)[C@@H](O)[C@H]1O. The number of phosphoric acid groups is 1. The minimum absolute atomic E-state index is 0.0772. The number of hydrogen-bond donors (Lipinski definition) is 6. The molecule has 1 saturated heterocycles. The Hall–Kier alpha value is -1.74. The molecule has 0 aromatic carbocycles. The number of phosphoric ester groups is 1. The number of hydrogen-bond acceptors (Lipinski definition) is 10. The number of nitrogen functional groups attached to an aromatic ring is 1. The van der Waals surface area contributed by atoms with Gasteiger partial charge in [-0.15, -0.1) is 0 Å². The summed E-state index contributed by atoms with van der Waals surface area (Å²) < 4.78 is 21.9. The third-order valence-electron chi connectivity index (χ3n) is 4.20. The summed E-state index contributed by atoms with van der Waals surface area (Å²) in [5.41, 5.74) is 6.44. The zero-order chi connectivity index (χ0) is 22.7. The van der Waals surface area contributed by atoms with Crippen LogP contribution >= 0.6 is 7.82 Å². The normalized spacial score (nSPS) is 24.7. The Kier molecular flexibility index (Phi) is 7.85. The van der Waals surface area contributed by atoms with E-state index in [2.05, 4.69) is 19.5 Å². The van der Waals surface area contributed by atoms with Gasteiger partial charge in [0.05, 0.1) is 34.1 Å². The van der Waals surface area contributed by atoms with Crippen LogP contribution in [-0.4, -0.2) is 108 Å². The summed E-state index contributed by atoms with van der Waals surface area (Å²) in [5.74, 6) is 0.218. The highest BCUT2D eigenvalue weighted by atomic mass is 31.2. The number of imidazole rings is 1. The van der Waals surface area contributed by atoms with Crippen LogP contribution in [0.5, 0.6) is 0 Å². The van der Waals surface area contributed by atoms with Crippen molar-refractivity contribution in [3.8, 4) is 0 Å². The van der Waals surface area contributed by atoms with Gasteiger partial charge in [0.1, 0.15) is 43.3 Å². The monoisotopic (exact) mass is 451 g/mol. The van der Waals surface area contributed by atoms with Gasteiger partial charge in [0.25, 0.3) is 0 Å². The highest BCUT2D eigenvalue weighted by Crippen LogP contribution is 2.35. The second-order valence-corrected chi connectivity index (χ2v) is 8.89. The van der Waals surface area contributed by atoms with Crippen LogP contribution in [0, 0.1) is 0 Å². The number of likely N-dealkylation sites (N-methyl/N-ethyl adjacent to an activating group) is 1. The minimum atomic E-state index is -4.26. The van der Waals surface area contributed by atoms with E-state index in [0.717, 1.165) is 0 Å². The van der Waals surface area contributed by atoms with Crippen LogP contribution in [0.3, 0.4) is 0 Å². The molecule has 2 aromatic heterocycles. The van der Waals surface area contributed by atoms with Crippen molar-refractivity contribution in [1.29, 1.82) is 0 Å². The number of fused-ring (bicyclic) bond motifs is 1. The summed E-state index contributed by atoms with van der Waals surface area (Å²) >= 11 is 0. The molecule has 0 bridgehead atoms. The van der Waals surface area contributed by atoms with Crippen LogP contribution in [-0.2, 0) is 13.8 Å². The molecule has 0 radical (unpaired) electrons. The first-order valence-corrected chi connectivity index (χ1v) is 10.4. The Morgan fingerprint density at radius 3 is 2.43 bits per heavy atom. The third-order valence-corrected chi connectivity index (χ3v) is 4.72. The van der Waals surface area contributed by atoms with Crippen molar-refractivity contribution < 1.29 is 43.4 Å². The maximum Gasteiger partial charge on any atom is 0.469 e. The number of quaternary nitrogens is 1. The van der Waals surface area contributed by atoms with Crippen LogP contribution in [0.15, 0.2) is 12.7 Å². The molecule has 15 heteroatoms. The van der Waals surface area contributed by atoms with Crippen LogP contribution in [0.4, 0.5) is 5.82 Å². The Morgan fingerprint density at radius 2 is 1.90 bits per heavy atom. The molecule has 170 valence electrons. The fourth-order valence-electron chi connectivity index (χ4n) is 2.60. The average Bonchev–Trinajstić information content (AvgIpc) is 3.16. The molecule has 3 rings (SSSR count). The average molecular weight is 451 g/mol. The molecule has 2 aromatic rings. The summed E-state index contributed by atoms with van der Waals surface area (Å²) in [4.78, 5) is 28.5. The lowest BCUT2D eigenvalue weighted by Crippen LogP contribution is -2.37. The molecule has 1 fully saturated rings. The van der Waals surface area contributed by atoms with Gasteiger partial charge in [0.2, 0.25) is 0 Å². The molecule has 3 heterocycles. The van der Waals surface area contributed by atoms with E-state index in [1.165, 1.54) is 17.2 Å². The van der Waals surface area contributed by atoms with Crippen molar-refractivity contribution in [1.82, 2.24) is 19.5 Å². The van der Waals surface area contributed by atoms with E-state index < -0.39 is 39.0 Å². The van der Waals surface area contributed by atoms with E-state index in [9.17, 15) is 14.8 Å². The van der Waals surface area contributed by atoms with E-state index in [1.54, 1.807) is 0 Å². The molecular formula is C15H28N6O8P+. The van der Waals surface area contributed by atoms with Gasteiger partial charge in [-0.1, -0.05) is 0 Å². The third kappa shape index (κ3) is 6.38. The van der Waals surface area contributed by atoms with Gasteiger partial charge >= 0.3 is 7.82 Å². The summed E-state index contributed by atoms with van der Waals surface area (Å²) in [6.45, 7) is 0.261. The van der Waals surface area contributed by atoms with E-state index in [4.69, 9.17) is 25.4 Å². The number of rotatable bonds is 6. The summed E-state index contributed by atoms with van der Waals surface area (Å²) in [6.07, 6.45) is -1.42. The molecule has 0 aliphatic carbocycles. The zero-order valence-electron chi connectivity index (χ0n) is 16.8. The van der Waals surface area contributed by atoms with Gasteiger partial charge in [-0.3, -0.25) is 9.09 Å². The van der Waals surface area contributed by atoms with Gasteiger partial charge in [0.15, 0.2) is 17.7 Å². The molecular weight excluding hydrogens is 423 g/mol. The van der Waals surface area contributed by atoms with Crippen LogP contribution in [0.1, 0.15) is 6.23 Å². The van der Waals surface area contributed by atoms with E-state index in [1.807, 2.05) is 21.1 Å². The topological polar surface area (TPSA) is 206 Å². The van der Waals surface area contributed by atoms with Crippen molar-refractivity contribution in [3.05, 3.63) is 12.7 Å². The van der Waals surface area contributed by atoms with E-state index in [0.29, 0.717) is 22.2 Å². The number of aliphatic hydroxyl groups excluding tert-OH is 3. The van der Waals surface area contributed by atoms with Crippen molar-refractivity contribution in [3.63, 3.8) is 0 Å². The molecule has 0 saturated carbocycles. The highest BCUT2D eigenvalue weighted by molar-refractivity contribution is 7.46. The van der Waals surface area contributed by atoms with E-state index in [-0.39, 0.29) is 12.4 Å². The van der Waals surface area contributed by atoms with Crippen molar-refractivity contribution in [2.75, 3.05) is 46.6 Å². The van der Waals surface area contributed by atoms with Gasteiger partial charge < -0.3 is 40.1 Å². The number of nitrogens with two attached hydrogens (primary N) is 1. The fourth-order valence-corrected chi connectivity index (χ4v) is 2.92. The lowest BCUT2D eigenvalue weighted by molar-refractivity contribution is -0.870. The fraction of sp³-hybridized carbons (Fsp3) is 0.667. The predicted molar refractivity (Wildman–Crippen MR) is 104 cm³/mol. The van der Waals surface area contributed by atoms with E-state index >= 15 is 0 Å². The molecule has 1 aliphatic heterocycles.